The molecule has 0 fully saturated rings. The zero-order valence-corrected chi connectivity index (χ0v) is 12.0. The summed E-state index contributed by atoms with van der Waals surface area (Å²) in [5, 5.41) is 0. The van der Waals surface area contributed by atoms with Gasteiger partial charge >= 0.3 is 0 Å². The zero-order valence-electron chi connectivity index (χ0n) is 12.0. The summed E-state index contributed by atoms with van der Waals surface area (Å²) in [6, 6.07) is 13.7. The van der Waals surface area contributed by atoms with Gasteiger partial charge in [0.1, 0.15) is 0 Å². The normalized spacial score (nSPS) is 12.3. The number of hydrogen-bond donors (Lipinski definition) is 1. The van der Waals surface area contributed by atoms with Crippen molar-refractivity contribution >= 4 is 0 Å². The molecule has 1 aromatic heterocycles. The highest BCUT2D eigenvalue weighted by Gasteiger charge is 2.01. The van der Waals surface area contributed by atoms with Crippen LogP contribution in [0.1, 0.15) is 24.5 Å². The van der Waals surface area contributed by atoms with Gasteiger partial charge in [-0.05, 0) is 42.5 Å². The summed E-state index contributed by atoms with van der Waals surface area (Å²) in [5.41, 5.74) is 8.14. The maximum absolute atomic E-state index is 11.7. The summed E-state index contributed by atoms with van der Waals surface area (Å²) in [7, 11) is 0. The number of rotatable bonds is 6. The first-order valence-corrected chi connectivity index (χ1v) is 7.12. The second kappa shape index (κ2) is 7.06. The standard InChI is InChI=1S/C17H22N2O/c1-14(12-18)5-6-15-7-9-16(10-8-15)13-19-11-3-2-4-17(19)20/h2-4,7-11,14H,5-6,12-13,18H2,1H3. The first kappa shape index (κ1) is 14.5. The first-order valence-electron chi connectivity index (χ1n) is 7.12. The Morgan fingerprint density at radius 1 is 1.10 bits per heavy atom. The van der Waals surface area contributed by atoms with E-state index in [1.54, 1.807) is 16.7 Å². The fourth-order valence-electron chi connectivity index (χ4n) is 2.13. The van der Waals surface area contributed by atoms with E-state index in [1.807, 2.05) is 12.3 Å². The van der Waals surface area contributed by atoms with Gasteiger partial charge in [-0.2, -0.15) is 0 Å². The Kier molecular flexibility index (Phi) is 5.13. The van der Waals surface area contributed by atoms with Crippen LogP contribution in [-0.4, -0.2) is 11.1 Å². The van der Waals surface area contributed by atoms with Crippen LogP contribution < -0.4 is 11.3 Å². The van der Waals surface area contributed by atoms with Gasteiger partial charge in [-0.3, -0.25) is 4.79 Å². The number of aromatic nitrogens is 1. The molecule has 0 amide bonds. The van der Waals surface area contributed by atoms with Crippen LogP contribution in [0, 0.1) is 5.92 Å². The monoisotopic (exact) mass is 270 g/mol. The first-order chi connectivity index (χ1) is 9.69. The molecule has 1 unspecified atom stereocenters. The Bertz CT molecular complexity index is 586. The molecule has 1 aromatic carbocycles. The van der Waals surface area contributed by atoms with Gasteiger partial charge in [-0.1, -0.05) is 37.3 Å². The van der Waals surface area contributed by atoms with Crippen LogP contribution in [-0.2, 0) is 13.0 Å². The van der Waals surface area contributed by atoms with E-state index < -0.39 is 0 Å². The number of nitrogens with zero attached hydrogens (tertiary/aromatic N) is 1. The topological polar surface area (TPSA) is 48.0 Å². The largest absolute Gasteiger partial charge is 0.330 e. The predicted octanol–water partition coefficient (Wildman–Crippen LogP) is 2.42. The summed E-state index contributed by atoms with van der Waals surface area (Å²) >= 11 is 0. The number of benzene rings is 1. The van der Waals surface area contributed by atoms with Crippen molar-refractivity contribution in [1.82, 2.24) is 4.57 Å². The summed E-state index contributed by atoms with van der Waals surface area (Å²) in [5.74, 6) is 0.567. The average Bonchev–Trinajstić information content (AvgIpc) is 2.48. The van der Waals surface area contributed by atoms with E-state index >= 15 is 0 Å². The Morgan fingerprint density at radius 2 is 1.80 bits per heavy atom. The van der Waals surface area contributed by atoms with E-state index in [1.165, 1.54) is 5.56 Å². The summed E-state index contributed by atoms with van der Waals surface area (Å²) in [6.07, 6.45) is 4.00. The summed E-state index contributed by atoms with van der Waals surface area (Å²) in [4.78, 5) is 11.7. The molecule has 0 radical (unpaired) electrons. The lowest BCUT2D eigenvalue weighted by molar-refractivity contribution is 0.544. The molecule has 1 atom stereocenters. The van der Waals surface area contributed by atoms with Gasteiger partial charge in [0.2, 0.25) is 0 Å². The quantitative estimate of drug-likeness (QED) is 0.876. The molecule has 20 heavy (non-hydrogen) atoms. The Morgan fingerprint density at radius 3 is 2.45 bits per heavy atom. The highest BCUT2D eigenvalue weighted by Crippen LogP contribution is 2.11. The average molecular weight is 270 g/mol. The SMILES string of the molecule is CC(CN)CCc1ccc(Cn2ccccc2=O)cc1. The number of hydrogen-bond acceptors (Lipinski definition) is 2. The van der Waals surface area contributed by atoms with E-state index in [2.05, 4.69) is 31.2 Å². The Hall–Kier alpha value is -1.87. The molecule has 2 aromatic rings. The third-order valence-electron chi connectivity index (χ3n) is 3.60. The minimum atomic E-state index is 0.0355. The van der Waals surface area contributed by atoms with E-state index in [4.69, 9.17) is 5.73 Å². The van der Waals surface area contributed by atoms with Gasteiger partial charge in [0.05, 0.1) is 6.54 Å². The minimum Gasteiger partial charge on any atom is -0.330 e. The van der Waals surface area contributed by atoms with Crippen molar-refractivity contribution in [3.05, 3.63) is 70.1 Å². The summed E-state index contributed by atoms with van der Waals surface area (Å²) in [6.45, 7) is 3.55. The van der Waals surface area contributed by atoms with Gasteiger partial charge in [0.15, 0.2) is 0 Å². The molecule has 0 spiro atoms. The van der Waals surface area contributed by atoms with Crippen molar-refractivity contribution in [3.63, 3.8) is 0 Å². The van der Waals surface area contributed by atoms with E-state index in [-0.39, 0.29) is 5.56 Å². The fourth-order valence-corrected chi connectivity index (χ4v) is 2.13. The predicted molar refractivity (Wildman–Crippen MR) is 82.8 cm³/mol. The maximum atomic E-state index is 11.7. The Labute approximate surface area is 120 Å². The van der Waals surface area contributed by atoms with Crippen molar-refractivity contribution in [2.45, 2.75) is 26.3 Å². The van der Waals surface area contributed by atoms with Crippen molar-refractivity contribution in [1.29, 1.82) is 0 Å². The second-order valence-corrected chi connectivity index (χ2v) is 5.36. The molecular weight excluding hydrogens is 248 g/mol. The van der Waals surface area contributed by atoms with E-state index in [9.17, 15) is 4.79 Å². The molecule has 0 aliphatic heterocycles. The molecule has 106 valence electrons. The Balaban J connectivity index is 1.98. The van der Waals surface area contributed by atoms with Crippen molar-refractivity contribution in [2.24, 2.45) is 11.7 Å². The number of pyridine rings is 1. The van der Waals surface area contributed by atoms with Gasteiger partial charge in [-0.15, -0.1) is 0 Å². The van der Waals surface area contributed by atoms with E-state index in [0.717, 1.165) is 24.9 Å². The van der Waals surface area contributed by atoms with Crippen molar-refractivity contribution in [3.8, 4) is 0 Å². The smallest absolute Gasteiger partial charge is 0.250 e. The molecule has 0 aliphatic rings. The van der Waals surface area contributed by atoms with Crippen LogP contribution in [0.25, 0.3) is 0 Å². The van der Waals surface area contributed by atoms with Crippen molar-refractivity contribution in [2.75, 3.05) is 6.54 Å². The highest BCUT2D eigenvalue weighted by molar-refractivity contribution is 5.23. The van der Waals surface area contributed by atoms with Gasteiger partial charge in [0.25, 0.3) is 5.56 Å². The molecular formula is C17H22N2O. The lowest BCUT2D eigenvalue weighted by atomic mass is 10.0. The van der Waals surface area contributed by atoms with Gasteiger partial charge < -0.3 is 10.3 Å². The molecule has 0 aliphatic carbocycles. The number of aryl methyl sites for hydroxylation is 1. The number of nitrogens with two attached hydrogens (primary N) is 1. The molecule has 1 heterocycles. The van der Waals surface area contributed by atoms with Crippen LogP contribution in [0.3, 0.4) is 0 Å². The van der Waals surface area contributed by atoms with Crippen LogP contribution >= 0.6 is 0 Å². The van der Waals surface area contributed by atoms with Crippen LogP contribution in [0.4, 0.5) is 0 Å². The molecule has 2 N–H and O–H groups in total. The van der Waals surface area contributed by atoms with Crippen LogP contribution in [0.2, 0.25) is 0 Å². The molecule has 2 rings (SSSR count). The zero-order chi connectivity index (χ0) is 14.4. The third-order valence-corrected chi connectivity index (χ3v) is 3.60. The maximum Gasteiger partial charge on any atom is 0.250 e. The van der Waals surface area contributed by atoms with Gasteiger partial charge in [0, 0.05) is 12.3 Å². The molecule has 0 saturated heterocycles. The molecule has 0 bridgehead atoms. The molecule has 3 heteroatoms. The van der Waals surface area contributed by atoms with Crippen LogP contribution in [0.15, 0.2) is 53.5 Å². The van der Waals surface area contributed by atoms with Crippen molar-refractivity contribution < 1.29 is 0 Å². The molecule has 3 nitrogen and oxygen atoms in total. The fraction of sp³-hybridized carbons (Fsp3) is 0.353. The lowest BCUT2D eigenvalue weighted by Crippen LogP contribution is -2.18. The lowest BCUT2D eigenvalue weighted by Gasteiger charge is -2.09. The minimum absolute atomic E-state index is 0.0355. The third kappa shape index (κ3) is 4.07. The van der Waals surface area contributed by atoms with Gasteiger partial charge in [-0.25, -0.2) is 0 Å². The van der Waals surface area contributed by atoms with E-state index in [0.29, 0.717) is 12.5 Å². The molecule has 0 saturated carbocycles. The highest BCUT2D eigenvalue weighted by atomic mass is 16.1. The summed E-state index contributed by atoms with van der Waals surface area (Å²) < 4.78 is 1.71. The second-order valence-electron chi connectivity index (χ2n) is 5.36. The van der Waals surface area contributed by atoms with Crippen LogP contribution in [0.5, 0.6) is 0 Å².